The Bertz CT molecular complexity index is 277. The van der Waals surface area contributed by atoms with Crippen LogP contribution in [0.2, 0.25) is 0 Å². The van der Waals surface area contributed by atoms with Gasteiger partial charge in [0.05, 0.1) is 0 Å². The summed E-state index contributed by atoms with van der Waals surface area (Å²) in [5, 5.41) is 0. The lowest BCUT2D eigenvalue weighted by Crippen LogP contribution is -2.15. The first-order chi connectivity index (χ1) is 7.09. The minimum atomic E-state index is 0.312. The van der Waals surface area contributed by atoms with Gasteiger partial charge in [-0.2, -0.15) is 0 Å². The molecule has 15 heavy (non-hydrogen) atoms. The molecule has 1 aromatic rings. The van der Waals surface area contributed by atoms with E-state index in [1.807, 2.05) is 11.8 Å². The number of hydrogen-bond acceptors (Lipinski definition) is 2. The van der Waals surface area contributed by atoms with Crippen LogP contribution in [0, 0.1) is 0 Å². The smallest absolute Gasteiger partial charge is 0.00721 e. The van der Waals surface area contributed by atoms with Gasteiger partial charge in [0.25, 0.3) is 0 Å². The van der Waals surface area contributed by atoms with Crippen LogP contribution in [-0.2, 0) is 0 Å². The number of benzene rings is 1. The molecule has 0 radical (unpaired) electrons. The average Bonchev–Trinajstić information content (AvgIpc) is 2.18. The van der Waals surface area contributed by atoms with Crippen LogP contribution in [0.4, 0.5) is 0 Å². The number of rotatable bonds is 5. The quantitative estimate of drug-likeness (QED) is 0.771. The normalized spacial score (nSPS) is 13.1. The van der Waals surface area contributed by atoms with Gasteiger partial charge in [0, 0.05) is 10.9 Å². The third-order valence-corrected chi connectivity index (χ3v) is 3.43. The van der Waals surface area contributed by atoms with Crippen molar-refractivity contribution in [2.45, 2.75) is 44.0 Å². The van der Waals surface area contributed by atoms with Crippen molar-refractivity contribution in [3.8, 4) is 0 Å². The Hall–Kier alpha value is -0.470. The van der Waals surface area contributed by atoms with E-state index in [0.29, 0.717) is 12.0 Å². The summed E-state index contributed by atoms with van der Waals surface area (Å²) in [6, 6.07) is 9.17. The molecule has 0 bridgehead atoms. The molecule has 0 aliphatic rings. The van der Waals surface area contributed by atoms with E-state index < -0.39 is 0 Å². The molecule has 0 spiro atoms. The fraction of sp³-hybridized carbons (Fsp3) is 0.538. The van der Waals surface area contributed by atoms with E-state index in [0.717, 1.165) is 12.2 Å². The predicted molar refractivity (Wildman–Crippen MR) is 69.5 cm³/mol. The van der Waals surface area contributed by atoms with Crippen molar-refractivity contribution < 1.29 is 0 Å². The molecule has 2 N–H and O–H groups in total. The van der Waals surface area contributed by atoms with E-state index >= 15 is 0 Å². The monoisotopic (exact) mass is 223 g/mol. The molecule has 1 aromatic carbocycles. The Morgan fingerprint density at radius 3 is 2.20 bits per heavy atom. The average molecular weight is 223 g/mol. The second-order valence-corrected chi connectivity index (χ2v) is 5.51. The third kappa shape index (κ3) is 4.72. The fourth-order valence-corrected chi connectivity index (χ4v) is 2.37. The van der Waals surface area contributed by atoms with E-state index in [4.69, 9.17) is 5.73 Å². The van der Waals surface area contributed by atoms with Crippen LogP contribution in [0.25, 0.3) is 0 Å². The van der Waals surface area contributed by atoms with E-state index in [-0.39, 0.29) is 0 Å². The van der Waals surface area contributed by atoms with Gasteiger partial charge in [-0.15, -0.1) is 11.8 Å². The standard InChI is InChI=1S/C13H21NS/c1-10(2)12-4-6-13(7-5-12)15-9-8-11(3)14/h4-7,10-11H,8-9,14H2,1-3H3. The van der Waals surface area contributed by atoms with Crippen LogP contribution in [-0.4, -0.2) is 11.8 Å². The summed E-state index contributed by atoms with van der Waals surface area (Å²) in [5.74, 6) is 1.73. The van der Waals surface area contributed by atoms with E-state index in [1.54, 1.807) is 0 Å². The lowest BCUT2D eigenvalue weighted by molar-refractivity contribution is 0.721. The molecule has 1 rings (SSSR count). The zero-order chi connectivity index (χ0) is 11.3. The van der Waals surface area contributed by atoms with Crippen molar-refractivity contribution >= 4 is 11.8 Å². The molecule has 0 heterocycles. The topological polar surface area (TPSA) is 26.0 Å². The van der Waals surface area contributed by atoms with Crippen LogP contribution in [0.3, 0.4) is 0 Å². The van der Waals surface area contributed by atoms with Crippen molar-refractivity contribution in [3.05, 3.63) is 29.8 Å². The largest absolute Gasteiger partial charge is 0.328 e. The highest BCUT2D eigenvalue weighted by atomic mass is 32.2. The molecule has 0 aliphatic heterocycles. The molecule has 0 aliphatic carbocycles. The Morgan fingerprint density at radius 1 is 1.13 bits per heavy atom. The van der Waals surface area contributed by atoms with Crippen LogP contribution in [0.1, 0.15) is 38.7 Å². The third-order valence-electron chi connectivity index (χ3n) is 2.39. The Kier molecular flexibility index (Phi) is 5.20. The number of thioether (sulfide) groups is 1. The maximum absolute atomic E-state index is 5.71. The highest BCUT2D eigenvalue weighted by Crippen LogP contribution is 2.22. The Labute approximate surface area is 97.4 Å². The summed E-state index contributed by atoms with van der Waals surface area (Å²) in [6.07, 6.45) is 1.08. The van der Waals surface area contributed by atoms with Gasteiger partial charge < -0.3 is 5.73 Å². The molecule has 0 saturated carbocycles. The van der Waals surface area contributed by atoms with Gasteiger partial charge in [0.15, 0.2) is 0 Å². The van der Waals surface area contributed by atoms with Gasteiger partial charge in [-0.3, -0.25) is 0 Å². The van der Waals surface area contributed by atoms with Gasteiger partial charge in [-0.05, 0) is 42.7 Å². The zero-order valence-electron chi connectivity index (χ0n) is 9.86. The van der Waals surface area contributed by atoms with Gasteiger partial charge in [-0.1, -0.05) is 26.0 Å². The number of nitrogens with two attached hydrogens (primary N) is 1. The molecule has 84 valence electrons. The zero-order valence-corrected chi connectivity index (χ0v) is 10.7. The predicted octanol–water partition coefficient (Wildman–Crippen LogP) is 3.64. The van der Waals surface area contributed by atoms with E-state index in [2.05, 4.69) is 45.0 Å². The molecular weight excluding hydrogens is 202 g/mol. The molecule has 0 fully saturated rings. The van der Waals surface area contributed by atoms with Gasteiger partial charge >= 0.3 is 0 Å². The van der Waals surface area contributed by atoms with Crippen molar-refractivity contribution in [3.63, 3.8) is 0 Å². The minimum Gasteiger partial charge on any atom is -0.328 e. The van der Waals surface area contributed by atoms with Gasteiger partial charge in [0.1, 0.15) is 0 Å². The van der Waals surface area contributed by atoms with Gasteiger partial charge in [0.2, 0.25) is 0 Å². The molecular formula is C13H21NS. The van der Waals surface area contributed by atoms with Crippen LogP contribution in [0.5, 0.6) is 0 Å². The van der Waals surface area contributed by atoms with Crippen molar-refractivity contribution in [1.82, 2.24) is 0 Å². The first-order valence-electron chi connectivity index (χ1n) is 5.58. The maximum atomic E-state index is 5.71. The summed E-state index contributed by atoms with van der Waals surface area (Å²) >= 11 is 1.89. The molecule has 1 nitrogen and oxygen atoms in total. The first-order valence-corrected chi connectivity index (χ1v) is 6.56. The first kappa shape index (κ1) is 12.6. The van der Waals surface area contributed by atoms with Crippen LogP contribution in [0.15, 0.2) is 29.2 Å². The second-order valence-electron chi connectivity index (χ2n) is 4.34. The van der Waals surface area contributed by atoms with Crippen molar-refractivity contribution in [2.24, 2.45) is 5.73 Å². The van der Waals surface area contributed by atoms with Crippen LogP contribution < -0.4 is 5.73 Å². The molecule has 0 aromatic heterocycles. The van der Waals surface area contributed by atoms with Crippen LogP contribution >= 0.6 is 11.8 Å². The highest BCUT2D eigenvalue weighted by Gasteiger charge is 2.00. The minimum absolute atomic E-state index is 0.312. The summed E-state index contributed by atoms with van der Waals surface area (Å²) < 4.78 is 0. The maximum Gasteiger partial charge on any atom is 0.00721 e. The molecule has 2 heteroatoms. The summed E-state index contributed by atoms with van der Waals surface area (Å²) in [7, 11) is 0. The summed E-state index contributed by atoms with van der Waals surface area (Å²) in [6.45, 7) is 6.50. The van der Waals surface area contributed by atoms with Gasteiger partial charge in [-0.25, -0.2) is 0 Å². The molecule has 0 amide bonds. The fourth-order valence-electron chi connectivity index (χ4n) is 1.31. The SMILES string of the molecule is CC(N)CCSc1ccc(C(C)C)cc1. The van der Waals surface area contributed by atoms with Crippen molar-refractivity contribution in [2.75, 3.05) is 5.75 Å². The van der Waals surface area contributed by atoms with Crippen molar-refractivity contribution in [1.29, 1.82) is 0 Å². The number of hydrogen-bond donors (Lipinski definition) is 1. The summed E-state index contributed by atoms with van der Waals surface area (Å²) in [4.78, 5) is 1.35. The molecule has 1 atom stereocenters. The highest BCUT2D eigenvalue weighted by molar-refractivity contribution is 7.99. The Morgan fingerprint density at radius 2 is 1.73 bits per heavy atom. The summed E-state index contributed by atoms with van der Waals surface area (Å²) in [5.41, 5.74) is 7.12. The van der Waals surface area contributed by atoms with E-state index in [9.17, 15) is 0 Å². The van der Waals surface area contributed by atoms with E-state index in [1.165, 1.54) is 10.5 Å². The lowest BCUT2D eigenvalue weighted by Gasteiger charge is -2.07. The molecule has 1 unspecified atom stereocenters. The molecule has 0 saturated heterocycles. The Balaban J connectivity index is 2.43. The lowest BCUT2D eigenvalue weighted by atomic mass is 10.0. The second kappa shape index (κ2) is 6.19.